The lowest BCUT2D eigenvalue weighted by Gasteiger charge is -2.30. The highest BCUT2D eigenvalue weighted by molar-refractivity contribution is 5.64. The van der Waals surface area contributed by atoms with Crippen LogP contribution in [0.15, 0.2) is 0 Å². The van der Waals surface area contributed by atoms with Gasteiger partial charge in [-0.2, -0.15) is 0 Å². The van der Waals surface area contributed by atoms with Crippen LogP contribution in [0.2, 0.25) is 0 Å². The quantitative estimate of drug-likeness (QED) is 0.543. The summed E-state index contributed by atoms with van der Waals surface area (Å²) in [6, 6.07) is 0. The lowest BCUT2D eigenvalue weighted by Crippen LogP contribution is -2.44. The van der Waals surface area contributed by atoms with E-state index in [1.807, 2.05) is 0 Å². The van der Waals surface area contributed by atoms with Crippen molar-refractivity contribution in [1.29, 1.82) is 0 Å². The summed E-state index contributed by atoms with van der Waals surface area (Å²) in [6.45, 7) is -0.579. The van der Waals surface area contributed by atoms with Crippen LogP contribution >= 0.6 is 0 Å². The number of rotatable bonds is 6. The first kappa shape index (κ1) is 15.2. The summed E-state index contributed by atoms with van der Waals surface area (Å²) in [6.07, 6.45) is 1.55. The van der Waals surface area contributed by atoms with Crippen molar-refractivity contribution < 1.29 is 24.9 Å². The van der Waals surface area contributed by atoms with Gasteiger partial charge in [0.2, 0.25) is 0 Å². The van der Waals surface area contributed by atoms with E-state index in [4.69, 9.17) is 15.6 Å². The Kier molecular flexibility index (Phi) is 6.38. The molecule has 1 rings (SSSR count). The van der Waals surface area contributed by atoms with E-state index in [0.717, 1.165) is 25.7 Å². The molecule has 1 amide bonds. The minimum absolute atomic E-state index is 0.364. The molecule has 0 bridgehead atoms. The molecule has 0 aromatic rings. The minimum Gasteiger partial charge on any atom is -0.444 e. The SMILES string of the molecule is NC(=O)OC(CC1CCCCC1)[C@H](O)C(O)CO. The summed E-state index contributed by atoms with van der Waals surface area (Å²) in [5.41, 5.74) is 4.96. The first-order valence-corrected chi connectivity index (χ1v) is 6.47. The fourth-order valence-corrected chi connectivity index (χ4v) is 2.51. The Hall–Kier alpha value is -0.850. The molecule has 5 N–H and O–H groups in total. The van der Waals surface area contributed by atoms with Crippen molar-refractivity contribution in [1.82, 2.24) is 0 Å². The zero-order valence-electron chi connectivity index (χ0n) is 10.5. The van der Waals surface area contributed by atoms with E-state index in [1.54, 1.807) is 0 Å². The van der Waals surface area contributed by atoms with Gasteiger partial charge in [0.25, 0.3) is 0 Å². The van der Waals surface area contributed by atoms with Crippen LogP contribution in [0.5, 0.6) is 0 Å². The molecule has 1 aliphatic rings. The van der Waals surface area contributed by atoms with E-state index in [0.29, 0.717) is 12.3 Å². The normalized spacial score (nSPS) is 22.2. The first-order valence-electron chi connectivity index (χ1n) is 6.47. The number of aliphatic hydroxyl groups excluding tert-OH is 3. The molecule has 18 heavy (non-hydrogen) atoms. The Morgan fingerprint density at radius 2 is 1.89 bits per heavy atom. The van der Waals surface area contributed by atoms with Gasteiger partial charge in [-0.25, -0.2) is 4.79 Å². The zero-order chi connectivity index (χ0) is 13.5. The van der Waals surface area contributed by atoms with E-state index >= 15 is 0 Å². The van der Waals surface area contributed by atoms with Crippen LogP contribution in [0.25, 0.3) is 0 Å². The molecule has 106 valence electrons. The number of aliphatic hydroxyl groups is 3. The van der Waals surface area contributed by atoms with E-state index in [1.165, 1.54) is 6.42 Å². The third-order valence-corrected chi connectivity index (χ3v) is 3.52. The third-order valence-electron chi connectivity index (χ3n) is 3.52. The summed E-state index contributed by atoms with van der Waals surface area (Å²) in [4.78, 5) is 10.8. The number of primary amides is 1. The monoisotopic (exact) mass is 261 g/mol. The Morgan fingerprint density at radius 1 is 1.28 bits per heavy atom. The predicted molar refractivity (Wildman–Crippen MR) is 64.7 cm³/mol. The number of ether oxygens (including phenoxy) is 1. The summed E-state index contributed by atoms with van der Waals surface area (Å²) in [5.74, 6) is 0.364. The number of nitrogens with two attached hydrogens (primary N) is 1. The molecule has 1 fully saturated rings. The molecule has 0 radical (unpaired) electrons. The molecule has 3 atom stereocenters. The van der Waals surface area contributed by atoms with Crippen LogP contribution < -0.4 is 5.73 Å². The average Bonchev–Trinajstić information content (AvgIpc) is 2.37. The Labute approximate surface area is 107 Å². The van der Waals surface area contributed by atoms with Gasteiger partial charge in [0.05, 0.1) is 6.61 Å². The van der Waals surface area contributed by atoms with E-state index < -0.39 is 31.0 Å². The van der Waals surface area contributed by atoms with Crippen molar-refractivity contribution in [2.24, 2.45) is 11.7 Å². The van der Waals surface area contributed by atoms with Gasteiger partial charge in [0.1, 0.15) is 18.3 Å². The molecule has 0 aromatic heterocycles. The molecular formula is C12H23NO5. The molecule has 0 heterocycles. The lowest BCUT2D eigenvalue weighted by atomic mass is 9.84. The van der Waals surface area contributed by atoms with E-state index in [-0.39, 0.29) is 0 Å². The second-order valence-corrected chi connectivity index (χ2v) is 4.96. The van der Waals surface area contributed by atoms with Crippen LogP contribution in [0.3, 0.4) is 0 Å². The molecule has 6 heteroatoms. The van der Waals surface area contributed by atoms with Gasteiger partial charge < -0.3 is 25.8 Å². The van der Waals surface area contributed by atoms with Crippen LogP contribution in [0.1, 0.15) is 38.5 Å². The molecule has 2 unspecified atom stereocenters. The van der Waals surface area contributed by atoms with Crippen molar-refractivity contribution in [2.75, 3.05) is 6.61 Å². The molecule has 0 spiro atoms. The van der Waals surface area contributed by atoms with Gasteiger partial charge in [-0.3, -0.25) is 0 Å². The van der Waals surface area contributed by atoms with Crippen molar-refractivity contribution in [3.05, 3.63) is 0 Å². The standard InChI is InChI=1S/C12H23NO5/c13-12(17)18-10(11(16)9(15)7-14)6-8-4-2-1-3-5-8/h8-11,14-16H,1-7H2,(H2,13,17)/t9?,10?,11-/m1/s1. The molecule has 1 aliphatic carbocycles. The molecule has 6 nitrogen and oxygen atoms in total. The van der Waals surface area contributed by atoms with Gasteiger partial charge in [-0.05, 0) is 12.3 Å². The molecule has 1 saturated carbocycles. The van der Waals surface area contributed by atoms with Crippen molar-refractivity contribution in [3.8, 4) is 0 Å². The van der Waals surface area contributed by atoms with Gasteiger partial charge in [0, 0.05) is 0 Å². The highest BCUT2D eigenvalue weighted by Gasteiger charge is 2.31. The molecule has 0 aromatic carbocycles. The van der Waals surface area contributed by atoms with Gasteiger partial charge in [-0.1, -0.05) is 32.1 Å². The van der Waals surface area contributed by atoms with Crippen LogP contribution in [0, 0.1) is 5.92 Å². The second kappa shape index (κ2) is 7.56. The summed E-state index contributed by atoms with van der Waals surface area (Å²) in [7, 11) is 0. The van der Waals surface area contributed by atoms with E-state index in [2.05, 4.69) is 0 Å². The van der Waals surface area contributed by atoms with Crippen LogP contribution in [-0.4, -0.2) is 46.3 Å². The topological polar surface area (TPSA) is 113 Å². The number of hydrogen-bond acceptors (Lipinski definition) is 5. The predicted octanol–water partition coefficient (Wildman–Crippen LogP) is 0.135. The molecular weight excluding hydrogens is 238 g/mol. The highest BCUT2D eigenvalue weighted by atomic mass is 16.6. The second-order valence-electron chi connectivity index (χ2n) is 4.96. The van der Waals surface area contributed by atoms with Crippen LogP contribution in [-0.2, 0) is 4.74 Å². The number of carbonyl (C=O) groups excluding carboxylic acids is 1. The number of carbonyl (C=O) groups is 1. The average molecular weight is 261 g/mol. The van der Waals surface area contributed by atoms with Crippen LogP contribution in [0.4, 0.5) is 4.79 Å². The maximum absolute atomic E-state index is 10.8. The van der Waals surface area contributed by atoms with Crippen molar-refractivity contribution in [2.45, 2.75) is 56.8 Å². The van der Waals surface area contributed by atoms with Gasteiger partial charge >= 0.3 is 6.09 Å². The fraction of sp³-hybridized carbons (Fsp3) is 0.917. The Balaban J connectivity index is 2.55. The maximum Gasteiger partial charge on any atom is 0.404 e. The van der Waals surface area contributed by atoms with Crippen molar-refractivity contribution in [3.63, 3.8) is 0 Å². The summed E-state index contributed by atoms with van der Waals surface area (Å²) in [5, 5.41) is 28.0. The minimum atomic E-state index is -1.32. The number of hydrogen-bond donors (Lipinski definition) is 4. The smallest absolute Gasteiger partial charge is 0.404 e. The zero-order valence-corrected chi connectivity index (χ0v) is 10.5. The van der Waals surface area contributed by atoms with Crippen molar-refractivity contribution >= 4 is 6.09 Å². The maximum atomic E-state index is 10.8. The van der Waals surface area contributed by atoms with Gasteiger partial charge in [0.15, 0.2) is 0 Å². The highest BCUT2D eigenvalue weighted by Crippen LogP contribution is 2.29. The Bertz CT molecular complexity index is 255. The Morgan fingerprint density at radius 3 is 2.39 bits per heavy atom. The van der Waals surface area contributed by atoms with Gasteiger partial charge in [-0.15, -0.1) is 0 Å². The summed E-state index contributed by atoms with van der Waals surface area (Å²) < 4.78 is 4.86. The molecule has 0 saturated heterocycles. The number of amides is 1. The van der Waals surface area contributed by atoms with E-state index in [9.17, 15) is 15.0 Å². The fourth-order valence-electron chi connectivity index (χ4n) is 2.51. The molecule has 0 aliphatic heterocycles. The third kappa shape index (κ3) is 4.80. The largest absolute Gasteiger partial charge is 0.444 e. The lowest BCUT2D eigenvalue weighted by molar-refractivity contribution is -0.0854. The first-order chi connectivity index (χ1) is 8.54. The summed E-state index contributed by atoms with van der Waals surface area (Å²) >= 11 is 0.